The number of nitrogens with two attached hydrogens (primary N) is 1. The van der Waals surface area contributed by atoms with Gasteiger partial charge in [0.05, 0.1) is 5.56 Å². The Morgan fingerprint density at radius 3 is 2.20 bits per heavy atom. The average molecular weight is 427 g/mol. The van der Waals surface area contributed by atoms with E-state index in [1.54, 1.807) is 11.3 Å². The maximum atomic E-state index is 12.6. The number of primary amides is 1. The Labute approximate surface area is 184 Å². The zero-order chi connectivity index (χ0) is 21.2. The molecule has 0 bridgehead atoms. The predicted octanol–water partition coefficient (Wildman–Crippen LogP) is 6.03. The molecule has 30 heavy (non-hydrogen) atoms. The molecule has 1 aromatic carbocycles. The fraction of sp³-hybridized carbons (Fsp3) is 0.520. The first-order chi connectivity index (χ1) is 14.6. The molecule has 0 fully saturated rings. The molecular weight excluding hydrogens is 392 g/mol. The standard InChI is InChI=1S/C25H34N2O2S/c26-24(29)23-20-16-10-5-3-1-2-4-6-11-17-21(20)30-25(23)27-22(28)18-12-15-19-13-8-7-9-14-19/h7-9,13-14H,1-6,10-12,15-18H2,(H2,26,29)(H,27,28). The third-order valence-electron chi connectivity index (χ3n) is 5.88. The first-order valence-corrected chi connectivity index (χ1v) is 12.2. The van der Waals surface area contributed by atoms with Crippen molar-refractivity contribution in [1.82, 2.24) is 0 Å². The van der Waals surface area contributed by atoms with Crippen LogP contribution < -0.4 is 11.1 Å². The van der Waals surface area contributed by atoms with Gasteiger partial charge in [0.25, 0.3) is 5.91 Å². The van der Waals surface area contributed by atoms with Crippen LogP contribution in [0.4, 0.5) is 5.00 Å². The molecule has 0 saturated carbocycles. The molecule has 162 valence electrons. The van der Waals surface area contributed by atoms with Gasteiger partial charge in [-0.2, -0.15) is 0 Å². The Balaban J connectivity index is 1.67. The Hall–Kier alpha value is -2.14. The number of nitrogens with one attached hydrogen (secondary N) is 1. The van der Waals surface area contributed by atoms with Crippen molar-refractivity contribution in [3.05, 3.63) is 51.9 Å². The van der Waals surface area contributed by atoms with Crippen LogP contribution in [0, 0.1) is 0 Å². The van der Waals surface area contributed by atoms with E-state index in [0.29, 0.717) is 17.0 Å². The number of hydrogen-bond donors (Lipinski definition) is 2. The number of thiophene rings is 1. The Morgan fingerprint density at radius 1 is 0.900 bits per heavy atom. The van der Waals surface area contributed by atoms with Gasteiger partial charge in [-0.25, -0.2) is 0 Å². The summed E-state index contributed by atoms with van der Waals surface area (Å²) in [5.74, 6) is -0.454. The van der Waals surface area contributed by atoms with Crippen molar-refractivity contribution >= 4 is 28.2 Å². The van der Waals surface area contributed by atoms with Gasteiger partial charge in [-0.1, -0.05) is 68.9 Å². The molecule has 1 aliphatic carbocycles. The Morgan fingerprint density at radius 2 is 1.53 bits per heavy atom. The first-order valence-electron chi connectivity index (χ1n) is 11.4. The number of fused-ring (bicyclic) bond motifs is 1. The molecule has 0 radical (unpaired) electrons. The largest absolute Gasteiger partial charge is 0.365 e. The van der Waals surface area contributed by atoms with Gasteiger partial charge in [-0.3, -0.25) is 9.59 Å². The van der Waals surface area contributed by atoms with Gasteiger partial charge in [0.1, 0.15) is 5.00 Å². The molecular formula is C25H34N2O2S. The van der Waals surface area contributed by atoms with Gasteiger partial charge in [0.15, 0.2) is 0 Å². The number of aryl methyl sites for hydroxylation is 2. The number of anilines is 1. The summed E-state index contributed by atoms with van der Waals surface area (Å²) in [6, 6.07) is 10.2. The van der Waals surface area contributed by atoms with Crippen LogP contribution in [-0.4, -0.2) is 11.8 Å². The van der Waals surface area contributed by atoms with Crippen LogP contribution in [0.15, 0.2) is 30.3 Å². The molecule has 0 aliphatic heterocycles. The van der Waals surface area contributed by atoms with Crippen LogP contribution in [0.25, 0.3) is 0 Å². The molecule has 0 atom stereocenters. The zero-order valence-corrected chi connectivity index (χ0v) is 18.7. The van der Waals surface area contributed by atoms with Crippen LogP contribution in [0.5, 0.6) is 0 Å². The second-order valence-corrected chi connectivity index (χ2v) is 9.39. The SMILES string of the molecule is NC(=O)c1c(NC(=O)CCCc2ccccc2)sc2c1CCCCCCCCCC2. The molecule has 1 aromatic heterocycles. The normalized spacial score (nSPS) is 15.5. The van der Waals surface area contributed by atoms with E-state index in [4.69, 9.17) is 5.73 Å². The maximum absolute atomic E-state index is 12.6. The summed E-state index contributed by atoms with van der Waals surface area (Å²) in [6.07, 6.45) is 13.8. The van der Waals surface area contributed by atoms with Crippen molar-refractivity contribution in [2.24, 2.45) is 5.73 Å². The highest BCUT2D eigenvalue weighted by atomic mass is 32.1. The molecule has 5 heteroatoms. The van der Waals surface area contributed by atoms with Gasteiger partial charge in [0, 0.05) is 11.3 Å². The minimum absolute atomic E-state index is 0.0364. The van der Waals surface area contributed by atoms with Gasteiger partial charge >= 0.3 is 0 Å². The van der Waals surface area contributed by atoms with Crippen molar-refractivity contribution in [3.63, 3.8) is 0 Å². The quantitative estimate of drug-likeness (QED) is 0.592. The van der Waals surface area contributed by atoms with Crippen LogP contribution in [-0.2, 0) is 24.1 Å². The molecule has 3 rings (SSSR count). The van der Waals surface area contributed by atoms with E-state index in [1.165, 1.54) is 49.0 Å². The lowest BCUT2D eigenvalue weighted by molar-refractivity contribution is -0.116. The number of benzene rings is 1. The van der Waals surface area contributed by atoms with Crippen LogP contribution >= 0.6 is 11.3 Å². The lowest BCUT2D eigenvalue weighted by Gasteiger charge is -2.09. The Bertz CT molecular complexity index is 829. The van der Waals surface area contributed by atoms with Crippen LogP contribution in [0.1, 0.15) is 90.6 Å². The summed E-state index contributed by atoms with van der Waals surface area (Å²) in [7, 11) is 0. The van der Waals surface area contributed by atoms with E-state index in [1.807, 2.05) is 18.2 Å². The van der Waals surface area contributed by atoms with Gasteiger partial charge < -0.3 is 11.1 Å². The second kappa shape index (κ2) is 11.9. The van der Waals surface area contributed by atoms with E-state index in [0.717, 1.165) is 44.1 Å². The third kappa shape index (κ3) is 6.69. The molecule has 1 aliphatic rings. The van der Waals surface area contributed by atoms with Crippen molar-refractivity contribution in [2.45, 2.75) is 83.5 Å². The van der Waals surface area contributed by atoms with E-state index in [2.05, 4.69) is 17.4 Å². The zero-order valence-electron chi connectivity index (χ0n) is 17.9. The van der Waals surface area contributed by atoms with E-state index < -0.39 is 5.91 Å². The highest BCUT2D eigenvalue weighted by Gasteiger charge is 2.23. The van der Waals surface area contributed by atoms with Crippen molar-refractivity contribution in [3.8, 4) is 0 Å². The van der Waals surface area contributed by atoms with Crippen molar-refractivity contribution in [2.75, 3.05) is 5.32 Å². The van der Waals surface area contributed by atoms with Crippen molar-refractivity contribution in [1.29, 1.82) is 0 Å². The lowest BCUT2D eigenvalue weighted by Crippen LogP contribution is -2.18. The van der Waals surface area contributed by atoms with Gasteiger partial charge in [-0.05, 0) is 49.7 Å². The fourth-order valence-electron chi connectivity index (χ4n) is 4.26. The molecule has 2 aromatic rings. The number of rotatable bonds is 6. The number of hydrogen-bond acceptors (Lipinski definition) is 3. The monoisotopic (exact) mass is 426 g/mol. The van der Waals surface area contributed by atoms with E-state index in [9.17, 15) is 9.59 Å². The summed E-state index contributed by atoms with van der Waals surface area (Å²) in [4.78, 5) is 26.1. The minimum Gasteiger partial charge on any atom is -0.365 e. The summed E-state index contributed by atoms with van der Waals surface area (Å²) >= 11 is 1.57. The average Bonchev–Trinajstić information content (AvgIpc) is 3.05. The second-order valence-electron chi connectivity index (χ2n) is 8.29. The molecule has 1 heterocycles. The third-order valence-corrected chi connectivity index (χ3v) is 7.09. The topological polar surface area (TPSA) is 72.2 Å². The van der Waals surface area contributed by atoms with Gasteiger partial charge in [0.2, 0.25) is 5.91 Å². The smallest absolute Gasteiger partial charge is 0.251 e. The van der Waals surface area contributed by atoms with Crippen molar-refractivity contribution < 1.29 is 9.59 Å². The summed E-state index contributed by atoms with van der Waals surface area (Å²) < 4.78 is 0. The van der Waals surface area contributed by atoms with Gasteiger partial charge in [-0.15, -0.1) is 11.3 Å². The Kier molecular flexibility index (Phi) is 8.94. The number of amides is 2. The maximum Gasteiger partial charge on any atom is 0.251 e. The number of carbonyl (C=O) groups excluding carboxylic acids is 2. The number of carbonyl (C=O) groups is 2. The predicted molar refractivity (Wildman–Crippen MR) is 125 cm³/mol. The molecule has 0 unspecified atom stereocenters. The molecule has 0 spiro atoms. The highest BCUT2D eigenvalue weighted by molar-refractivity contribution is 7.17. The van der Waals surface area contributed by atoms with Crippen LogP contribution in [0.3, 0.4) is 0 Å². The van der Waals surface area contributed by atoms with E-state index >= 15 is 0 Å². The summed E-state index contributed by atoms with van der Waals surface area (Å²) in [5.41, 5.74) is 8.65. The van der Waals surface area contributed by atoms with E-state index in [-0.39, 0.29) is 5.91 Å². The summed E-state index contributed by atoms with van der Waals surface area (Å²) in [5, 5.41) is 3.67. The molecule has 2 amide bonds. The summed E-state index contributed by atoms with van der Waals surface area (Å²) in [6.45, 7) is 0. The first kappa shape index (κ1) is 22.5. The van der Waals surface area contributed by atoms with Crippen LogP contribution in [0.2, 0.25) is 0 Å². The fourth-order valence-corrected chi connectivity index (χ4v) is 5.57. The molecule has 4 nitrogen and oxygen atoms in total. The lowest BCUT2D eigenvalue weighted by atomic mass is 9.97. The highest BCUT2D eigenvalue weighted by Crippen LogP contribution is 2.36. The minimum atomic E-state index is -0.417. The molecule has 0 saturated heterocycles. The molecule has 3 N–H and O–H groups in total.